The van der Waals surface area contributed by atoms with Crippen LogP contribution in [0.25, 0.3) is 0 Å². The first-order valence-corrected chi connectivity index (χ1v) is 36.6. The number of aliphatic hydroxyl groups is 2. The summed E-state index contributed by atoms with van der Waals surface area (Å²) in [4.78, 5) is 0. The molecule has 2 N–H and O–H groups in total. The van der Waals surface area contributed by atoms with Gasteiger partial charge in [0.05, 0.1) is 52.9 Å². The van der Waals surface area contributed by atoms with Gasteiger partial charge in [-0.2, -0.15) is 0 Å². The minimum absolute atomic E-state index is 0.0760. The molecule has 30 fully saturated rings. The molecule has 0 saturated carbocycles. The van der Waals surface area contributed by atoms with Crippen molar-refractivity contribution >= 4 is 0 Å². The number of hydrogen-bond acceptors (Lipinski definition) is 40. The summed E-state index contributed by atoms with van der Waals surface area (Å²) in [6, 6.07) is 0. The van der Waals surface area contributed by atoms with Gasteiger partial charge in [-0.3, -0.25) is 0 Å². The number of methoxy groups -OCH3 is 22. The summed E-state index contributed by atoms with van der Waals surface area (Å²) in [5.74, 6) is 0. The van der Waals surface area contributed by atoms with E-state index in [1.54, 1.807) is 0 Å². The van der Waals surface area contributed by atoms with E-state index in [0.717, 1.165) is 0 Å². The third kappa shape index (κ3) is 19.8. The van der Waals surface area contributed by atoms with E-state index < -0.39 is 259 Å². The van der Waals surface area contributed by atoms with Crippen LogP contribution < -0.4 is 0 Å². The molecule has 40 atom stereocenters. The van der Waals surface area contributed by atoms with Crippen LogP contribution in [0.2, 0.25) is 0 Å². The minimum atomic E-state index is -1.34. The molecule has 30 saturated heterocycles. The van der Waals surface area contributed by atoms with Crippen LogP contribution in [0, 0.1) is 0 Å². The molecule has 0 amide bonds. The van der Waals surface area contributed by atoms with Crippen molar-refractivity contribution in [1.29, 1.82) is 0 Å². The standard InChI is InChI=1S/C70H124O40/c1-73-25-33-41-49(81-9)59(91-19)67(99-33)107-43-35(27-75-3)97-65(57(89-17)51(43)83-11)103-39-31(23-71)96-64(56(88-16)47(39)79-7)106-42-34(26-74-2)100-68(60(92-20)50(42)82-10)109-45-37(29-77-5)102-70(62(94-22)53(45)85-13)110-46-38(30-78-6)101-69(61(93-21)54(46)86-14)108-44-36(28-76-4)98-66(58(90-18)52(44)84-12)104-40-32(24-72)95-63(105-41)55(87-15)48(40)80-8/h31-72H,23-30H2,1-22H3/t31-,32-,33-,34-,35-,36-,37-,38-,39-,40-,41-,42-,43-,44-,45-,46-,47+,48+,49+,50+,51+,52+,53+,54+,55-,56-,57-,58-,59-,60-,61-,62-,63-,64-,65-,66-,67-,68-,69-,70-/m1/s1. The summed E-state index contributed by atoms with van der Waals surface area (Å²) in [6.07, 6.45) is -44.5. The fraction of sp³-hybridized carbons (Fsp3) is 1.00. The van der Waals surface area contributed by atoms with Crippen LogP contribution in [0.4, 0.5) is 0 Å². The summed E-state index contributed by atoms with van der Waals surface area (Å²) in [5.41, 5.74) is 0. The summed E-state index contributed by atoms with van der Waals surface area (Å²) in [6.45, 7) is -1.79. The third-order valence-electron chi connectivity index (χ3n) is 21.8. The zero-order valence-corrected chi connectivity index (χ0v) is 67.2. The molecule has 0 aromatic heterocycles. The van der Waals surface area contributed by atoms with Crippen molar-refractivity contribution in [2.45, 2.75) is 246 Å². The van der Waals surface area contributed by atoms with Crippen molar-refractivity contribution in [1.82, 2.24) is 0 Å². The molecule has 0 spiro atoms. The monoisotopic (exact) mass is 1600 g/mol. The zero-order valence-electron chi connectivity index (χ0n) is 67.2. The van der Waals surface area contributed by atoms with E-state index in [4.69, 9.17) is 180 Å². The highest BCUT2D eigenvalue weighted by Gasteiger charge is 2.63. The first-order valence-electron chi connectivity index (χ1n) is 36.6. The molecule has 0 aliphatic carbocycles. The lowest BCUT2D eigenvalue weighted by molar-refractivity contribution is -0.409. The molecule has 40 nitrogen and oxygen atoms in total. The maximum Gasteiger partial charge on any atom is 0.187 e. The molecular weight excluding hydrogens is 1480 g/mol. The average molecular weight is 1610 g/mol. The second-order valence-electron chi connectivity index (χ2n) is 27.5. The van der Waals surface area contributed by atoms with Gasteiger partial charge in [0.15, 0.2) is 50.3 Å². The van der Waals surface area contributed by atoms with Gasteiger partial charge in [0.1, 0.15) is 195 Å². The lowest BCUT2D eigenvalue weighted by Crippen LogP contribution is -2.70. The van der Waals surface area contributed by atoms with Crippen LogP contribution in [0.15, 0.2) is 0 Å². The fourth-order valence-corrected chi connectivity index (χ4v) is 16.7. The maximum absolute atomic E-state index is 11.4. The lowest BCUT2D eigenvalue weighted by Gasteiger charge is -2.53. The van der Waals surface area contributed by atoms with Crippen molar-refractivity contribution in [2.75, 3.05) is 209 Å². The Morgan fingerprint density at radius 1 is 0.155 bits per heavy atom. The summed E-state index contributed by atoms with van der Waals surface area (Å²) in [7, 11) is 32.4. The summed E-state index contributed by atoms with van der Waals surface area (Å²) < 4.78 is 245. The van der Waals surface area contributed by atoms with Crippen LogP contribution >= 0.6 is 0 Å². The smallest absolute Gasteiger partial charge is 0.187 e. The molecule has 40 heteroatoms. The SMILES string of the molecule is COC[C@H]1O[C@@H]2O[C@H]3[C@H](OC)[C@@H](OC)[C@@H](O[C@H]4[C@H](OC)[C@@H](OC)[C@@H](O[C@H]5[C@H](OC)[C@@H](OC)[C@@H](O[C@H]6[C@H](OC)[C@@H](OC)[C@@H](O[C@H]7[C@H](OC)[C@@H](OC)[C@@H](O[C@H]8[C@H](OC)[C@@H](OC)[C@@H](O[C@H]9[C@H](OC)[C@@H](OC)[C@@H](O[C@H]1[C@H](OC)[C@H]2OC)O[C@@H]9CO)O[C@@H]8COC)O[C@@H]7COC)O[C@@H]6COC)O[C@@H]5COC)O[C@@H]4CO)O[C@@H]3COC. The molecule has 0 aromatic carbocycles. The molecular formula is C70H124O40. The topological polar surface area (TPSA) is 391 Å². The van der Waals surface area contributed by atoms with Gasteiger partial charge in [0, 0.05) is 156 Å². The van der Waals surface area contributed by atoms with E-state index in [0.29, 0.717) is 0 Å². The summed E-state index contributed by atoms with van der Waals surface area (Å²) in [5, 5.41) is 22.7. The van der Waals surface area contributed by atoms with E-state index in [1.807, 2.05) is 0 Å². The van der Waals surface area contributed by atoms with Gasteiger partial charge < -0.3 is 190 Å². The third-order valence-corrected chi connectivity index (χ3v) is 21.8. The largest absolute Gasteiger partial charge is 0.394 e. The normalized spacial score (nSPS) is 46.7. The van der Waals surface area contributed by atoms with Crippen molar-refractivity contribution in [3.05, 3.63) is 0 Å². The Balaban J connectivity index is 1.11. The Bertz CT molecular complexity index is 2530. The first kappa shape index (κ1) is 92.3. The lowest BCUT2D eigenvalue weighted by atomic mass is 9.94. The Morgan fingerprint density at radius 3 is 0.364 bits per heavy atom. The Morgan fingerprint density at radius 2 is 0.264 bits per heavy atom. The predicted molar refractivity (Wildman–Crippen MR) is 366 cm³/mol. The van der Waals surface area contributed by atoms with E-state index in [2.05, 4.69) is 0 Å². The minimum Gasteiger partial charge on any atom is -0.394 e. The highest BCUT2D eigenvalue weighted by Crippen LogP contribution is 2.44. The van der Waals surface area contributed by atoms with E-state index >= 15 is 0 Å². The van der Waals surface area contributed by atoms with Crippen LogP contribution in [0.3, 0.4) is 0 Å². The fourth-order valence-electron chi connectivity index (χ4n) is 16.7. The molecule has 644 valence electrons. The Kier molecular flexibility index (Phi) is 37.7. The molecule has 0 unspecified atom stereocenters. The molecule has 30 aliphatic heterocycles. The quantitative estimate of drug-likeness (QED) is 0.0723. The van der Waals surface area contributed by atoms with Gasteiger partial charge in [0.2, 0.25) is 0 Å². The summed E-state index contributed by atoms with van der Waals surface area (Å²) >= 11 is 0. The molecule has 0 radical (unpaired) electrons. The molecule has 16 bridgehead atoms. The molecule has 110 heavy (non-hydrogen) atoms. The second kappa shape index (κ2) is 45.0. The van der Waals surface area contributed by atoms with Gasteiger partial charge in [-0.25, -0.2) is 0 Å². The van der Waals surface area contributed by atoms with Crippen molar-refractivity contribution in [3.63, 3.8) is 0 Å². The van der Waals surface area contributed by atoms with Crippen molar-refractivity contribution < 1.29 is 190 Å². The van der Waals surface area contributed by atoms with Crippen LogP contribution in [0.1, 0.15) is 0 Å². The van der Waals surface area contributed by atoms with Gasteiger partial charge in [0.25, 0.3) is 0 Å². The molecule has 30 heterocycles. The van der Waals surface area contributed by atoms with E-state index in [-0.39, 0.29) is 39.6 Å². The average Bonchev–Trinajstić information content (AvgIpc) is 0.764. The number of rotatable bonds is 30. The van der Waals surface area contributed by atoms with Gasteiger partial charge in [-0.1, -0.05) is 0 Å². The highest BCUT2D eigenvalue weighted by atomic mass is 16.8. The van der Waals surface area contributed by atoms with Gasteiger partial charge in [-0.15, -0.1) is 0 Å². The molecule has 30 rings (SSSR count). The number of aliphatic hydroxyl groups excluding tert-OH is 2. The zero-order chi connectivity index (χ0) is 79.6. The Labute approximate surface area is 643 Å². The van der Waals surface area contributed by atoms with Gasteiger partial charge in [-0.05, 0) is 0 Å². The van der Waals surface area contributed by atoms with Crippen molar-refractivity contribution in [2.24, 2.45) is 0 Å². The van der Waals surface area contributed by atoms with Crippen LogP contribution in [-0.4, -0.2) is 465 Å². The van der Waals surface area contributed by atoms with Crippen molar-refractivity contribution in [3.8, 4) is 0 Å². The molecule has 30 aliphatic rings. The number of hydrogen-bond donors (Lipinski definition) is 2. The van der Waals surface area contributed by atoms with E-state index in [9.17, 15) is 10.2 Å². The number of ether oxygens (including phenoxy) is 38. The van der Waals surface area contributed by atoms with Crippen LogP contribution in [0.5, 0.6) is 0 Å². The predicted octanol–water partition coefficient (Wildman–Crippen LogP) is -3.02. The second-order valence-corrected chi connectivity index (χ2v) is 27.5. The Hall–Kier alpha value is -1.60. The maximum atomic E-state index is 11.4. The van der Waals surface area contributed by atoms with Gasteiger partial charge >= 0.3 is 0 Å². The first-order chi connectivity index (χ1) is 53.5. The highest BCUT2D eigenvalue weighted by molar-refractivity contribution is 5.05. The van der Waals surface area contributed by atoms with Crippen LogP contribution in [-0.2, 0) is 180 Å². The molecule has 0 aromatic rings. The van der Waals surface area contributed by atoms with E-state index in [1.165, 1.54) is 156 Å².